The number of hydrogen-bond donors (Lipinski definition) is 4. The lowest BCUT2D eigenvalue weighted by molar-refractivity contribution is -0.132. The molecule has 0 saturated carbocycles. The smallest absolute Gasteiger partial charge is 0.184 e. The molecule has 0 amide bonds. The number of rotatable bonds is 1. The maximum absolute atomic E-state index is 8.93. The molecule has 108 valence electrons. The Morgan fingerprint density at radius 3 is 1.50 bits per heavy atom. The Bertz CT molecular complexity index is 479. The lowest BCUT2D eigenvalue weighted by atomic mass is 10.1. The molecule has 2 aromatic carbocycles. The van der Waals surface area contributed by atoms with Crippen molar-refractivity contribution in [3.63, 3.8) is 0 Å². The lowest BCUT2D eigenvalue weighted by Gasteiger charge is -2.09. The van der Waals surface area contributed by atoms with Crippen LogP contribution in [-0.4, -0.2) is 51.6 Å². The van der Waals surface area contributed by atoms with Crippen LogP contribution < -0.4 is 0 Å². The van der Waals surface area contributed by atoms with Crippen LogP contribution in [0.3, 0.4) is 0 Å². The van der Waals surface area contributed by atoms with Crippen LogP contribution in [0.1, 0.15) is 0 Å². The van der Waals surface area contributed by atoms with E-state index in [-0.39, 0.29) is 0 Å². The molecule has 0 aromatic heterocycles. The molecule has 0 bridgehead atoms. The highest BCUT2D eigenvalue weighted by Crippen LogP contribution is 2.18. The number of hydrogen-bond acceptors (Lipinski definition) is 5. The Morgan fingerprint density at radius 2 is 1.25 bits per heavy atom. The second-order valence-corrected chi connectivity index (χ2v) is 4.58. The molecule has 1 unspecified atom stereocenters. The van der Waals surface area contributed by atoms with Crippen molar-refractivity contribution in [2.24, 2.45) is 0 Å². The van der Waals surface area contributed by atoms with E-state index in [0.717, 1.165) is 0 Å². The molecule has 1 aliphatic heterocycles. The summed E-state index contributed by atoms with van der Waals surface area (Å²) in [7, 11) is 0. The average Bonchev–Trinajstić information content (AvgIpc) is 2.75. The van der Waals surface area contributed by atoms with Crippen LogP contribution in [0.15, 0.2) is 48.5 Å². The summed E-state index contributed by atoms with van der Waals surface area (Å²) in [5.41, 5.74) is 0. The van der Waals surface area contributed by atoms with Gasteiger partial charge in [-0.05, 0) is 10.8 Å². The molecular weight excluding hydrogens is 260 g/mol. The summed E-state index contributed by atoms with van der Waals surface area (Å²) in [6, 6.07) is 16.7. The van der Waals surface area contributed by atoms with E-state index in [1.807, 2.05) is 0 Å². The highest BCUT2D eigenvalue weighted by atomic mass is 16.6. The van der Waals surface area contributed by atoms with Gasteiger partial charge in [-0.25, -0.2) is 0 Å². The van der Waals surface area contributed by atoms with Gasteiger partial charge < -0.3 is 25.2 Å². The molecule has 1 aliphatic rings. The SMILES string of the molecule is OC[C@H]1OC(O)[C@H](O)[C@@H]1O.c1ccc2ccccc2c1. The van der Waals surface area contributed by atoms with Crippen LogP contribution >= 0.6 is 0 Å². The third-order valence-corrected chi connectivity index (χ3v) is 3.18. The van der Waals surface area contributed by atoms with Gasteiger partial charge in [0.25, 0.3) is 0 Å². The molecule has 1 fully saturated rings. The fraction of sp³-hybridized carbons (Fsp3) is 0.333. The monoisotopic (exact) mass is 278 g/mol. The van der Waals surface area contributed by atoms with E-state index in [9.17, 15) is 0 Å². The quantitative estimate of drug-likeness (QED) is 0.601. The van der Waals surface area contributed by atoms with E-state index in [2.05, 4.69) is 53.3 Å². The summed E-state index contributed by atoms with van der Waals surface area (Å²) in [6.45, 7) is -0.407. The van der Waals surface area contributed by atoms with Crippen molar-refractivity contribution in [3.8, 4) is 0 Å². The van der Waals surface area contributed by atoms with Gasteiger partial charge in [-0.1, -0.05) is 48.5 Å². The minimum Gasteiger partial charge on any atom is -0.394 e. The van der Waals surface area contributed by atoms with Crippen molar-refractivity contribution in [1.82, 2.24) is 0 Å². The molecule has 5 heteroatoms. The molecule has 20 heavy (non-hydrogen) atoms. The lowest BCUT2D eigenvalue weighted by Crippen LogP contribution is -2.33. The second-order valence-electron chi connectivity index (χ2n) is 4.58. The van der Waals surface area contributed by atoms with Gasteiger partial charge in [0, 0.05) is 0 Å². The normalized spacial score (nSPS) is 29.0. The molecule has 3 rings (SSSR count). The van der Waals surface area contributed by atoms with Crippen LogP contribution in [0.5, 0.6) is 0 Å². The Balaban J connectivity index is 0.000000147. The van der Waals surface area contributed by atoms with E-state index in [4.69, 9.17) is 20.4 Å². The van der Waals surface area contributed by atoms with Gasteiger partial charge in [-0.3, -0.25) is 0 Å². The molecular formula is C15H18O5. The van der Waals surface area contributed by atoms with Gasteiger partial charge in [-0.2, -0.15) is 0 Å². The Hall–Kier alpha value is -1.50. The zero-order valence-electron chi connectivity index (χ0n) is 10.8. The first-order valence-corrected chi connectivity index (χ1v) is 6.38. The van der Waals surface area contributed by atoms with E-state index >= 15 is 0 Å². The van der Waals surface area contributed by atoms with E-state index < -0.39 is 31.2 Å². The fourth-order valence-electron chi connectivity index (χ4n) is 2.01. The topological polar surface area (TPSA) is 90.2 Å². The summed E-state index contributed by atoms with van der Waals surface area (Å²) in [6.07, 6.45) is -4.76. The molecule has 5 nitrogen and oxygen atoms in total. The predicted molar refractivity (Wildman–Crippen MR) is 73.9 cm³/mol. The van der Waals surface area contributed by atoms with Gasteiger partial charge >= 0.3 is 0 Å². The maximum atomic E-state index is 8.93. The minimum atomic E-state index is -1.38. The summed E-state index contributed by atoms with van der Waals surface area (Å²) < 4.78 is 4.54. The molecule has 4 atom stereocenters. The van der Waals surface area contributed by atoms with E-state index in [0.29, 0.717) is 0 Å². The Labute approximate surface area is 116 Å². The number of aliphatic hydroxyl groups excluding tert-OH is 4. The summed E-state index contributed by atoms with van der Waals surface area (Å²) in [5, 5.41) is 37.6. The van der Waals surface area contributed by atoms with Crippen molar-refractivity contribution in [3.05, 3.63) is 48.5 Å². The number of aliphatic hydroxyl groups is 4. The minimum absolute atomic E-state index is 0.407. The van der Waals surface area contributed by atoms with Crippen molar-refractivity contribution in [2.75, 3.05) is 6.61 Å². The van der Waals surface area contributed by atoms with Gasteiger partial charge in [0.15, 0.2) is 6.29 Å². The number of benzene rings is 2. The molecule has 2 aromatic rings. The fourth-order valence-corrected chi connectivity index (χ4v) is 2.01. The van der Waals surface area contributed by atoms with Gasteiger partial charge in [0.1, 0.15) is 18.3 Å². The third-order valence-electron chi connectivity index (χ3n) is 3.18. The average molecular weight is 278 g/mol. The molecule has 4 N–H and O–H groups in total. The molecule has 0 aliphatic carbocycles. The third kappa shape index (κ3) is 3.33. The summed E-state index contributed by atoms with van der Waals surface area (Å²) in [4.78, 5) is 0. The Kier molecular flexibility index (Phi) is 5.05. The predicted octanol–water partition coefficient (Wildman–Crippen LogP) is 0.257. The first-order valence-electron chi connectivity index (χ1n) is 6.38. The van der Waals surface area contributed by atoms with Crippen LogP contribution in [0.25, 0.3) is 10.8 Å². The van der Waals surface area contributed by atoms with Crippen LogP contribution in [-0.2, 0) is 4.74 Å². The van der Waals surface area contributed by atoms with Crippen molar-refractivity contribution >= 4 is 10.8 Å². The highest BCUT2D eigenvalue weighted by Gasteiger charge is 2.41. The van der Waals surface area contributed by atoms with Gasteiger partial charge in [0.2, 0.25) is 0 Å². The molecule has 0 spiro atoms. The van der Waals surface area contributed by atoms with Crippen molar-refractivity contribution < 1.29 is 25.2 Å². The van der Waals surface area contributed by atoms with Crippen molar-refractivity contribution in [2.45, 2.75) is 24.6 Å². The Morgan fingerprint density at radius 1 is 0.800 bits per heavy atom. The number of fused-ring (bicyclic) bond motifs is 1. The zero-order valence-corrected chi connectivity index (χ0v) is 10.8. The van der Waals surface area contributed by atoms with Crippen LogP contribution in [0, 0.1) is 0 Å². The van der Waals surface area contributed by atoms with E-state index in [1.54, 1.807) is 0 Å². The standard InChI is InChI=1S/C10H8.C5H10O5/c1-2-6-10-8-4-3-7-9(10)5-1;6-1-2-3(7)4(8)5(9)10-2/h1-8H;2-9H,1H2/t;2-,3-,4-,5?/m.1/s1. The van der Waals surface area contributed by atoms with Crippen molar-refractivity contribution in [1.29, 1.82) is 0 Å². The van der Waals surface area contributed by atoms with Crippen LogP contribution in [0.4, 0.5) is 0 Å². The second kappa shape index (κ2) is 6.78. The summed E-state index contributed by atoms with van der Waals surface area (Å²) >= 11 is 0. The van der Waals surface area contributed by atoms with Crippen LogP contribution in [0.2, 0.25) is 0 Å². The zero-order chi connectivity index (χ0) is 14.5. The first-order chi connectivity index (χ1) is 9.63. The van der Waals surface area contributed by atoms with E-state index in [1.165, 1.54) is 10.8 Å². The van der Waals surface area contributed by atoms with Gasteiger partial charge in [0.05, 0.1) is 6.61 Å². The summed E-state index contributed by atoms with van der Waals surface area (Å²) in [5.74, 6) is 0. The molecule has 1 heterocycles. The first kappa shape index (κ1) is 14.9. The maximum Gasteiger partial charge on any atom is 0.184 e. The highest BCUT2D eigenvalue weighted by molar-refractivity contribution is 5.81. The molecule has 0 radical (unpaired) electrons. The molecule has 1 saturated heterocycles. The largest absolute Gasteiger partial charge is 0.394 e. The number of ether oxygens (including phenoxy) is 1. The van der Waals surface area contributed by atoms with Gasteiger partial charge in [-0.15, -0.1) is 0 Å².